The van der Waals surface area contributed by atoms with Gasteiger partial charge in [-0.3, -0.25) is 4.98 Å². The van der Waals surface area contributed by atoms with Crippen molar-refractivity contribution in [2.45, 2.75) is 11.0 Å². The second-order valence-electron chi connectivity index (χ2n) is 4.74. The number of hydrogen-bond donors (Lipinski definition) is 1. The number of benzene rings is 2. The number of rotatable bonds is 4. The first-order valence-electron chi connectivity index (χ1n) is 6.63. The Morgan fingerprint density at radius 2 is 1.90 bits per heavy atom. The van der Waals surface area contributed by atoms with Crippen LogP contribution in [0.3, 0.4) is 0 Å². The van der Waals surface area contributed by atoms with E-state index in [4.69, 9.17) is 11.6 Å². The fourth-order valence-corrected chi connectivity index (χ4v) is 3.10. The summed E-state index contributed by atoms with van der Waals surface area (Å²) in [4.78, 5) is 5.38. The van der Waals surface area contributed by atoms with Crippen molar-refractivity contribution in [1.82, 2.24) is 4.98 Å². The number of hydrogen-bond acceptors (Lipinski definition) is 3. The van der Waals surface area contributed by atoms with Crippen LogP contribution in [0.15, 0.2) is 65.7 Å². The molecule has 0 fully saturated rings. The monoisotopic (exact) mass is 315 g/mol. The lowest BCUT2D eigenvalue weighted by molar-refractivity contribution is 0.204. The first-order chi connectivity index (χ1) is 10.2. The molecule has 4 heteroatoms. The third-order valence-electron chi connectivity index (χ3n) is 3.23. The van der Waals surface area contributed by atoms with Crippen molar-refractivity contribution in [1.29, 1.82) is 0 Å². The molecule has 0 radical (unpaired) electrons. The van der Waals surface area contributed by atoms with E-state index in [1.54, 1.807) is 18.0 Å². The second-order valence-corrected chi connectivity index (χ2v) is 6.27. The van der Waals surface area contributed by atoms with Crippen molar-refractivity contribution >= 4 is 34.3 Å². The molecule has 1 unspecified atom stereocenters. The molecule has 0 aliphatic carbocycles. The Balaban J connectivity index is 1.71. The Labute approximate surface area is 132 Å². The average Bonchev–Trinajstić information content (AvgIpc) is 2.53. The van der Waals surface area contributed by atoms with Gasteiger partial charge in [-0.25, -0.2) is 0 Å². The van der Waals surface area contributed by atoms with Crippen molar-refractivity contribution in [3.05, 3.63) is 71.4 Å². The van der Waals surface area contributed by atoms with E-state index in [9.17, 15) is 5.11 Å². The maximum atomic E-state index is 10.3. The highest BCUT2D eigenvalue weighted by Gasteiger charge is 2.09. The second kappa shape index (κ2) is 6.48. The van der Waals surface area contributed by atoms with Gasteiger partial charge in [0.05, 0.1) is 11.6 Å². The number of fused-ring (bicyclic) bond motifs is 1. The van der Waals surface area contributed by atoms with Gasteiger partial charge in [-0.05, 0) is 48.0 Å². The first-order valence-corrected chi connectivity index (χ1v) is 8.00. The fraction of sp³-hybridized carbons (Fsp3) is 0.118. The third kappa shape index (κ3) is 3.56. The summed E-state index contributed by atoms with van der Waals surface area (Å²) in [6.45, 7) is 0. The molecule has 1 heterocycles. The Kier molecular flexibility index (Phi) is 4.44. The van der Waals surface area contributed by atoms with Gasteiger partial charge in [0.15, 0.2) is 0 Å². The predicted molar refractivity (Wildman–Crippen MR) is 88.9 cm³/mol. The predicted octanol–water partition coefficient (Wildman–Crippen LogP) is 4.71. The van der Waals surface area contributed by atoms with E-state index in [1.807, 2.05) is 54.6 Å². The van der Waals surface area contributed by atoms with E-state index >= 15 is 0 Å². The van der Waals surface area contributed by atoms with Gasteiger partial charge < -0.3 is 5.11 Å². The Morgan fingerprint density at radius 1 is 1.10 bits per heavy atom. The SMILES string of the molecule is OC(CSc1ccc(Cl)cc1)c1ccc2ncccc2c1. The summed E-state index contributed by atoms with van der Waals surface area (Å²) < 4.78 is 0. The molecule has 2 aromatic carbocycles. The molecular weight excluding hydrogens is 302 g/mol. The van der Waals surface area contributed by atoms with Crippen LogP contribution in [0.1, 0.15) is 11.7 Å². The summed E-state index contributed by atoms with van der Waals surface area (Å²) in [6, 6.07) is 17.4. The van der Waals surface area contributed by atoms with Gasteiger partial charge in [0.25, 0.3) is 0 Å². The maximum Gasteiger partial charge on any atom is 0.0884 e. The van der Waals surface area contributed by atoms with Gasteiger partial charge >= 0.3 is 0 Å². The lowest BCUT2D eigenvalue weighted by Crippen LogP contribution is -2.00. The maximum absolute atomic E-state index is 10.3. The molecule has 0 bridgehead atoms. The van der Waals surface area contributed by atoms with E-state index in [-0.39, 0.29) is 0 Å². The molecule has 1 N–H and O–H groups in total. The Morgan fingerprint density at radius 3 is 2.71 bits per heavy atom. The summed E-state index contributed by atoms with van der Waals surface area (Å²) in [6.07, 6.45) is 1.27. The lowest BCUT2D eigenvalue weighted by Gasteiger charge is -2.11. The van der Waals surface area contributed by atoms with Crippen LogP contribution < -0.4 is 0 Å². The summed E-state index contributed by atoms with van der Waals surface area (Å²) in [5, 5.41) is 12.1. The number of pyridine rings is 1. The highest BCUT2D eigenvalue weighted by atomic mass is 35.5. The van der Waals surface area contributed by atoms with E-state index in [1.165, 1.54) is 0 Å². The Hall–Kier alpha value is -1.55. The number of halogens is 1. The molecule has 1 aromatic heterocycles. The van der Waals surface area contributed by atoms with Gasteiger partial charge in [-0.2, -0.15) is 0 Å². The normalized spacial score (nSPS) is 12.5. The summed E-state index contributed by atoms with van der Waals surface area (Å²) in [7, 11) is 0. The van der Waals surface area contributed by atoms with Crippen LogP contribution in [0.5, 0.6) is 0 Å². The van der Waals surface area contributed by atoms with Crippen LogP contribution in [0.2, 0.25) is 5.02 Å². The van der Waals surface area contributed by atoms with Gasteiger partial charge in [0.1, 0.15) is 0 Å². The average molecular weight is 316 g/mol. The molecule has 0 saturated heterocycles. The largest absolute Gasteiger partial charge is 0.388 e. The summed E-state index contributed by atoms with van der Waals surface area (Å²) in [5.41, 5.74) is 1.86. The third-order valence-corrected chi connectivity index (χ3v) is 4.57. The molecule has 0 saturated carbocycles. The van der Waals surface area contributed by atoms with E-state index in [0.29, 0.717) is 5.75 Å². The molecule has 3 rings (SSSR count). The zero-order valence-corrected chi connectivity index (χ0v) is 12.8. The minimum atomic E-state index is -0.504. The molecule has 0 aliphatic rings. The van der Waals surface area contributed by atoms with Crippen molar-refractivity contribution < 1.29 is 5.11 Å². The highest BCUT2D eigenvalue weighted by molar-refractivity contribution is 7.99. The summed E-state index contributed by atoms with van der Waals surface area (Å²) in [5.74, 6) is 0.605. The van der Waals surface area contributed by atoms with Gasteiger partial charge in [-0.1, -0.05) is 23.7 Å². The van der Waals surface area contributed by atoms with Crippen LogP contribution in [0, 0.1) is 0 Å². The van der Waals surface area contributed by atoms with Crippen LogP contribution in [-0.2, 0) is 0 Å². The van der Waals surface area contributed by atoms with Crippen LogP contribution in [0.25, 0.3) is 10.9 Å². The van der Waals surface area contributed by atoms with Crippen LogP contribution >= 0.6 is 23.4 Å². The fourth-order valence-electron chi connectivity index (χ4n) is 2.10. The zero-order valence-electron chi connectivity index (χ0n) is 11.2. The molecule has 1 atom stereocenters. The lowest BCUT2D eigenvalue weighted by atomic mass is 10.1. The van der Waals surface area contributed by atoms with Crippen LogP contribution in [-0.4, -0.2) is 15.8 Å². The molecule has 2 nitrogen and oxygen atoms in total. The highest BCUT2D eigenvalue weighted by Crippen LogP contribution is 2.27. The van der Waals surface area contributed by atoms with E-state index in [2.05, 4.69) is 4.98 Å². The number of aliphatic hydroxyl groups excluding tert-OH is 1. The zero-order chi connectivity index (χ0) is 14.7. The van der Waals surface area contributed by atoms with Crippen molar-refractivity contribution in [3.63, 3.8) is 0 Å². The van der Waals surface area contributed by atoms with E-state index < -0.39 is 6.10 Å². The first kappa shape index (κ1) is 14.4. The van der Waals surface area contributed by atoms with E-state index in [0.717, 1.165) is 26.4 Å². The Bertz CT molecular complexity index is 745. The molecule has 106 valence electrons. The smallest absolute Gasteiger partial charge is 0.0884 e. The molecular formula is C17H14ClNOS. The van der Waals surface area contributed by atoms with Gasteiger partial charge in [0, 0.05) is 27.3 Å². The van der Waals surface area contributed by atoms with Gasteiger partial charge in [0.2, 0.25) is 0 Å². The number of thioether (sulfide) groups is 1. The minimum absolute atomic E-state index is 0.504. The van der Waals surface area contributed by atoms with Gasteiger partial charge in [-0.15, -0.1) is 11.8 Å². The van der Waals surface area contributed by atoms with Crippen LogP contribution in [0.4, 0.5) is 0 Å². The number of nitrogens with zero attached hydrogens (tertiary/aromatic N) is 1. The molecule has 21 heavy (non-hydrogen) atoms. The van der Waals surface area contributed by atoms with Crippen molar-refractivity contribution in [2.75, 3.05) is 5.75 Å². The topological polar surface area (TPSA) is 33.1 Å². The quantitative estimate of drug-likeness (QED) is 0.708. The van der Waals surface area contributed by atoms with Crippen molar-refractivity contribution in [3.8, 4) is 0 Å². The number of aliphatic hydroxyl groups is 1. The molecule has 0 spiro atoms. The van der Waals surface area contributed by atoms with Crippen molar-refractivity contribution in [2.24, 2.45) is 0 Å². The molecule has 3 aromatic rings. The number of aromatic nitrogens is 1. The molecule has 0 amide bonds. The minimum Gasteiger partial charge on any atom is -0.388 e. The summed E-state index contributed by atoms with van der Waals surface area (Å²) >= 11 is 7.47. The molecule has 0 aliphatic heterocycles. The standard InChI is InChI=1S/C17H14ClNOS/c18-14-4-6-15(7-5-14)21-11-17(20)13-3-8-16-12(10-13)2-1-9-19-16/h1-10,17,20H,11H2.